The summed E-state index contributed by atoms with van der Waals surface area (Å²) in [7, 11) is 1.44. The highest BCUT2D eigenvalue weighted by molar-refractivity contribution is 5.97. The number of ether oxygens (including phenoxy) is 3. The number of amides is 2. The lowest BCUT2D eigenvalue weighted by Gasteiger charge is -2.20. The minimum atomic E-state index is -1.07. The van der Waals surface area contributed by atoms with Crippen LogP contribution in [0.5, 0.6) is 17.2 Å². The van der Waals surface area contributed by atoms with Gasteiger partial charge in [0, 0.05) is 5.69 Å². The Hall–Kier alpha value is -4.79. The first kappa shape index (κ1) is 23.0. The highest BCUT2D eigenvalue weighted by Crippen LogP contribution is 2.46. The number of hydrogen-bond donors (Lipinski definition) is 2. The Bertz CT molecular complexity index is 1510. The van der Waals surface area contributed by atoms with Crippen molar-refractivity contribution >= 4 is 28.5 Å². The second-order valence-electron chi connectivity index (χ2n) is 8.17. The van der Waals surface area contributed by atoms with Crippen molar-refractivity contribution in [3.63, 3.8) is 0 Å². The predicted molar refractivity (Wildman–Crippen MR) is 131 cm³/mol. The molecule has 2 amide bonds. The summed E-state index contributed by atoms with van der Waals surface area (Å²) in [6, 6.07) is 20.8. The smallest absolute Gasteiger partial charge is 0.344 e. The average Bonchev–Trinajstić information content (AvgIpc) is 3.30. The van der Waals surface area contributed by atoms with Crippen LogP contribution in [0.25, 0.3) is 11.0 Å². The molecular weight excluding hydrogens is 464 g/mol. The molecule has 182 valence electrons. The third-order valence-corrected chi connectivity index (χ3v) is 5.87. The molecule has 0 fully saturated rings. The largest absolute Gasteiger partial charge is 0.493 e. The van der Waals surface area contributed by atoms with E-state index in [0.717, 1.165) is 0 Å². The molecule has 0 saturated heterocycles. The van der Waals surface area contributed by atoms with Crippen LogP contribution in [0.15, 0.2) is 82.0 Å². The van der Waals surface area contributed by atoms with Gasteiger partial charge in [0.15, 0.2) is 24.2 Å². The van der Waals surface area contributed by atoms with Crippen LogP contribution in [0.1, 0.15) is 17.0 Å². The van der Waals surface area contributed by atoms with Gasteiger partial charge in [-0.25, -0.2) is 4.79 Å². The van der Waals surface area contributed by atoms with E-state index in [0.29, 0.717) is 33.7 Å². The van der Waals surface area contributed by atoms with Gasteiger partial charge in [0.05, 0.1) is 24.0 Å². The van der Waals surface area contributed by atoms with Gasteiger partial charge in [-0.1, -0.05) is 36.4 Å². The van der Waals surface area contributed by atoms with Crippen molar-refractivity contribution in [1.29, 1.82) is 0 Å². The van der Waals surface area contributed by atoms with Crippen LogP contribution in [0, 0.1) is 0 Å². The van der Waals surface area contributed by atoms with Crippen LogP contribution < -0.4 is 30.9 Å². The molecule has 36 heavy (non-hydrogen) atoms. The minimum absolute atomic E-state index is 0.231. The van der Waals surface area contributed by atoms with E-state index in [1.54, 1.807) is 66.7 Å². The quantitative estimate of drug-likeness (QED) is 0.384. The second-order valence-corrected chi connectivity index (χ2v) is 8.17. The first-order valence-corrected chi connectivity index (χ1v) is 11.1. The van der Waals surface area contributed by atoms with Crippen molar-refractivity contribution < 1.29 is 28.2 Å². The molecule has 0 saturated carbocycles. The highest BCUT2D eigenvalue weighted by atomic mass is 16.5. The van der Waals surface area contributed by atoms with Crippen molar-refractivity contribution in [2.45, 2.75) is 12.0 Å². The Morgan fingerprint density at radius 1 is 1.00 bits per heavy atom. The number of nitrogens with one attached hydrogen (secondary N) is 1. The standard InChI is InChI=1S/C27H22N2O7/c1-33-20-13-15(11-12-19(20)34-14-21(28)30)22-23-24(17-9-5-6-10-18(17)35-27(23)32)36-25(22)26(31)29-16-7-3-2-4-8-16/h2-13,22,25H,14H2,1H3,(H2,28,30)(H,29,31)/t22-,25+/m0/s1. The molecular formula is C27H22N2O7. The number of para-hydroxylation sites is 2. The van der Waals surface area contributed by atoms with Gasteiger partial charge in [-0.3, -0.25) is 9.59 Å². The number of rotatable bonds is 7. The fraction of sp³-hybridized carbons (Fsp3) is 0.148. The summed E-state index contributed by atoms with van der Waals surface area (Å²) in [6.45, 7) is -0.331. The molecule has 9 heteroatoms. The number of anilines is 1. The van der Waals surface area contributed by atoms with Crippen LogP contribution in [0.2, 0.25) is 0 Å². The Labute approximate surface area is 205 Å². The number of benzene rings is 3. The summed E-state index contributed by atoms with van der Waals surface area (Å²) in [5.41, 5.74) is 6.32. The van der Waals surface area contributed by atoms with Crippen molar-refractivity contribution in [2.75, 3.05) is 19.0 Å². The van der Waals surface area contributed by atoms with Gasteiger partial charge in [0.2, 0.25) is 0 Å². The number of fused-ring (bicyclic) bond motifs is 3. The minimum Gasteiger partial charge on any atom is -0.493 e. The third-order valence-electron chi connectivity index (χ3n) is 5.87. The molecule has 0 aliphatic carbocycles. The maximum Gasteiger partial charge on any atom is 0.344 e. The summed E-state index contributed by atoms with van der Waals surface area (Å²) in [5.74, 6) is -0.985. The van der Waals surface area contributed by atoms with E-state index in [2.05, 4.69) is 5.32 Å². The average molecular weight is 486 g/mol. The van der Waals surface area contributed by atoms with E-state index >= 15 is 0 Å². The number of methoxy groups -OCH3 is 1. The van der Waals surface area contributed by atoms with Crippen LogP contribution in [-0.2, 0) is 9.59 Å². The SMILES string of the molecule is COc1cc([C@H]2c3c(c4ccccc4oc3=O)O[C@H]2C(=O)Nc2ccccc2)ccc1OCC(N)=O. The van der Waals surface area contributed by atoms with E-state index in [9.17, 15) is 14.4 Å². The molecule has 9 nitrogen and oxygen atoms in total. The molecule has 1 aliphatic heterocycles. The highest BCUT2D eigenvalue weighted by Gasteiger charge is 2.44. The Kier molecular flexibility index (Phi) is 6.03. The van der Waals surface area contributed by atoms with E-state index in [1.807, 2.05) is 6.07 Å². The van der Waals surface area contributed by atoms with Crippen molar-refractivity contribution in [2.24, 2.45) is 5.73 Å². The molecule has 2 atom stereocenters. The Balaban J connectivity index is 1.62. The van der Waals surface area contributed by atoms with E-state index in [1.165, 1.54) is 7.11 Å². The molecule has 1 aliphatic rings. The van der Waals surface area contributed by atoms with Gasteiger partial charge < -0.3 is 29.7 Å². The van der Waals surface area contributed by atoms with Crippen LogP contribution >= 0.6 is 0 Å². The second kappa shape index (κ2) is 9.46. The predicted octanol–water partition coefficient (Wildman–Crippen LogP) is 3.20. The lowest BCUT2D eigenvalue weighted by molar-refractivity contribution is -0.122. The number of primary amides is 1. The topological polar surface area (TPSA) is 130 Å². The first-order chi connectivity index (χ1) is 17.5. The molecule has 5 rings (SSSR count). The number of carbonyl (C=O) groups excluding carboxylic acids is 2. The number of nitrogens with two attached hydrogens (primary N) is 1. The molecule has 0 unspecified atom stereocenters. The molecule has 0 radical (unpaired) electrons. The van der Waals surface area contributed by atoms with E-state index < -0.39 is 29.5 Å². The zero-order valence-electron chi connectivity index (χ0n) is 19.2. The van der Waals surface area contributed by atoms with Gasteiger partial charge in [-0.15, -0.1) is 0 Å². The van der Waals surface area contributed by atoms with E-state index in [4.69, 9.17) is 24.4 Å². The van der Waals surface area contributed by atoms with Crippen molar-refractivity contribution in [3.8, 4) is 17.2 Å². The van der Waals surface area contributed by atoms with Gasteiger partial charge in [-0.05, 0) is 42.0 Å². The third kappa shape index (κ3) is 4.22. The maximum atomic E-state index is 13.4. The fourth-order valence-electron chi connectivity index (χ4n) is 4.30. The summed E-state index contributed by atoms with van der Waals surface area (Å²) >= 11 is 0. The zero-order chi connectivity index (χ0) is 25.2. The van der Waals surface area contributed by atoms with Crippen molar-refractivity contribution in [3.05, 3.63) is 94.3 Å². The lowest BCUT2D eigenvalue weighted by Crippen LogP contribution is -2.35. The molecule has 0 bridgehead atoms. The normalized spacial score (nSPS) is 16.1. The van der Waals surface area contributed by atoms with Gasteiger partial charge in [0.25, 0.3) is 11.8 Å². The summed E-state index contributed by atoms with van der Waals surface area (Å²) in [4.78, 5) is 37.7. The van der Waals surface area contributed by atoms with Crippen LogP contribution in [0.3, 0.4) is 0 Å². The van der Waals surface area contributed by atoms with Crippen molar-refractivity contribution in [1.82, 2.24) is 0 Å². The zero-order valence-corrected chi connectivity index (χ0v) is 19.2. The van der Waals surface area contributed by atoms with E-state index in [-0.39, 0.29) is 17.9 Å². The summed E-state index contributed by atoms with van der Waals surface area (Å²) < 4.78 is 22.6. The maximum absolute atomic E-state index is 13.4. The number of carbonyl (C=O) groups is 2. The van der Waals surface area contributed by atoms with Gasteiger partial charge in [0.1, 0.15) is 11.3 Å². The lowest BCUT2D eigenvalue weighted by atomic mass is 9.88. The fourth-order valence-corrected chi connectivity index (χ4v) is 4.30. The monoisotopic (exact) mass is 486 g/mol. The van der Waals surface area contributed by atoms with Crippen LogP contribution in [-0.4, -0.2) is 31.6 Å². The van der Waals surface area contributed by atoms with Crippen LogP contribution in [0.4, 0.5) is 5.69 Å². The molecule has 4 aromatic rings. The van der Waals surface area contributed by atoms with Gasteiger partial charge >= 0.3 is 5.63 Å². The molecule has 3 aromatic carbocycles. The Morgan fingerprint density at radius 2 is 1.75 bits per heavy atom. The Morgan fingerprint density at radius 3 is 2.50 bits per heavy atom. The molecule has 1 aromatic heterocycles. The van der Waals surface area contributed by atoms with Gasteiger partial charge in [-0.2, -0.15) is 0 Å². The first-order valence-electron chi connectivity index (χ1n) is 11.1. The molecule has 3 N–H and O–H groups in total. The molecule has 0 spiro atoms. The molecule has 2 heterocycles. The summed E-state index contributed by atoms with van der Waals surface area (Å²) in [5, 5.41) is 3.44. The number of hydrogen-bond acceptors (Lipinski definition) is 7. The summed E-state index contributed by atoms with van der Waals surface area (Å²) in [6.07, 6.45) is -1.07.